The first-order valence-electron chi connectivity index (χ1n) is 7.57. The molecule has 0 radical (unpaired) electrons. The number of aromatic nitrogens is 2. The number of hydrogen-bond acceptors (Lipinski definition) is 6. The molecule has 1 aromatic heterocycles. The van der Waals surface area contributed by atoms with Gasteiger partial charge >= 0.3 is 5.69 Å². The fourth-order valence-electron chi connectivity index (χ4n) is 2.96. The first-order chi connectivity index (χ1) is 10.1. The van der Waals surface area contributed by atoms with Crippen molar-refractivity contribution < 1.29 is 4.92 Å². The fraction of sp³-hybridized carbons (Fsp3) is 0.714. The van der Waals surface area contributed by atoms with E-state index in [-0.39, 0.29) is 5.69 Å². The van der Waals surface area contributed by atoms with E-state index in [1.807, 2.05) is 18.9 Å². The van der Waals surface area contributed by atoms with Gasteiger partial charge in [-0.1, -0.05) is 19.3 Å². The number of hydrogen-bond donors (Lipinski definition) is 1. The Bertz CT molecular complexity index is 488. The first-order valence-corrected chi connectivity index (χ1v) is 7.57. The third-order valence-corrected chi connectivity index (χ3v) is 3.95. The third kappa shape index (κ3) is 3.80. The molecule has 0 unspecified atom stereocenters. The molecule has 7 nitrogen and oxygen atoms in total. The van der Waals surface area contributed by atoms with E-state index in [2.05, 4.69) is 15.3 Å². The Labute approximate surface area is 124 Å². The van der Waals surface area contributed by atoms with E-state index in [0.29, 0.717) is 24.1 Å². The Balaban J connectivity index is 2.20. The highest BCUT2D eigenvalue weighted by atomic mass is 16.6. The summed E-state index contributed by atoms with van der Waals surface area (Å²) in [6.07, 6.45) is 7.60. The summed E-state index contributed by atoms with van der Waals surface area (Å²) in [5, 5.41) is 14.3. The highest BCUT2D eigenvalue weighted by Gasteiger charge is 2.26. The minimum absolute atomic E-state index is 0.0299. The Kier molecular flexibility index (Phi) is 5.30. The van der Waals surface area contributed by atoms with Gasteiger partial charge in [-0.2, -0.15) is 0 Å². The average Bonchev–Trinajstić information content (AvgIpc) is 2.48. The Morgan fingerprint density at radius 3 is 2.71 bits per heavy atom. The summed E-state index contributed by atoms with van der Waals surface area (Å²) in [6.45, 7) is 3.28. The van der Waals surface area contributed by atoms with E-state index in [9.17, 15) is 10.1 Å². The predicted octanol–water partition coefficient (Wildman–Crippen LogP) is 2.83. The molecule has 21 heavy (non-hydrogen) atoms. The fourth-order valence-corrected chi connectivity index (χ4v) is 2.96. The molecule has 0 atom stereocenters. The molecule has 0 saturated heterocycles. The van der Waals surface area contributed by atoms with Crippen LogP contribution in [0.15, 0.2) is 6.33 Å². The van der Waals surface area contributed by atoms with Crippen LogP contribution in [0.4, 0.5) is 17.3 Å². The second kappa shape index (κ2) is 7.19. The molecule has 0 aliphatic heterocycles. The van der Waals surface area contributed by atoms with Crippen LogP contribution in [0.1, 0.15) is 39.0 Å². The number of rotatable bonds is 6. The molecule has 0 amide bonds. The molecular formula is C14H23N5O2. The zero-order valence-corrected chi connectivity index (χ0v) is 12.7. The van der Waals surface area contributed by atoms with Crippen molar-refractivity contribution in [1.29, 1.82) is 0 Å². The van der Waals surface area contributed by atoms with E-state index in [0.717, 1.165) is 6.54 Å². The largest absolute Gasteiger partial charge is 0.364 e. The maximum absolute atomic E-state index is 11.4. The van der Waals surface area contributed by atoms with Crippen molar-refractivity contribution in [3.63, 3.8) is 0 Å². The van der Waals surface area contributed by atoms with Crippen molar-refractivity contribution in [2.45, 2.75) is 39.0 Å². The minimum atomic E-state index is -0.398. The van der Waals surface area contributed by atoms with E-state index in [1.54, 1.807) is 0 Å². The quantitative estimate of drug-likeness (QED) is 0.641. The number of nitro groups is 1. The first kappa shape index (κ1) is 15.5. The highest BCUT2D eigenvalue weighted by molar-refractivity contribution is 5.70. The summed E-state index contributed by atoms with van der Waals surface area (Å²) in [6, 6.07) is 0. The van der Waals surface area contributed by atoms with Crippen LogP contribution in [0.2, 0.25) is 0 Å². The van der Waals surface area contributed by atoms with E-state index in [1.165, 1.54) is 38.4 Å². The van der Waals surface area contributed by atoms with Gasteiger partial charge in [0.2, 0.25) is 11.6 Å². The maximum atomic E-state index is 11.4. The van der Waals surface area contributed by atoms with Gasteiger partial charge in [-0.15, -0.1) is 0 Å². The topological polar surface area (TPSA) is 84.2 Å². The van der Waals surface area contributed by atoms with Crippen molar-refractivity contribution in [2.75, 3.05) is 30.4 Å². The zero-order chi connectivity index (χ0) is 15.2. The van der Waals surface area contributed by atoms with Crippen LogP contribution in [0.25, 0.3) is 0 Å². The average molecular weight is 293 g/mol. The summed E-state index contributed by atoms with van der Waals surface area (Å²) < 4.78 is 0. The van der Waals surface area contributed by atoms with Gasteiger partial charge in [-0.3, -0.25) is 10.1 Å². The molecule has 1 heterocycles. The van der Waals surface area contributed by atoms with Crippen LogP contribution in [0.3, 0.4) is 0 Å². The summed E-state index contributed by atoms with van der Waals surface area (Å²) in [7, 11) is 1.87. The molecule has 116 valence electrons. The molecule has 0 aromatic carbocycles. The second-order valence-corrected chi connectivity index (χ2v) is 5.57. The standard InChI is InChI=1S/C14H23N5O2/c1-3-15-13-12(19(20)21)14(17-10-16-13)18(2)9-11-7-5-4-6-8-11/h10-11H,3-9H2,1-2H3,(H,15,16,17). The molecule has 1 aromatic rings. The Hall–Kier alpha value is -1.92. The minimum Gasteiger partial charge on any atom is -0.364 e. The van der Waals surface area contributed by atoms with Crippen molar-refractivity contribution in [3.05, 3.63) is 16.4 Å². The predicted molar refractivity (Wildman–Crippen MR) is 82.7 cm³/mol. The number of anilines is 2. The van der Waals surface area contributed by atoms with Gasteiger partial charge in [0.15, 0.2) is 0 Å². The molecule has 0 spiro atoms. The summed E-state index contributed by atoms with van der Waals surface area (Å²) >= 11 is 0. The maximum Gasteiger partial charge on any atom is 0.353 e. The third-order valence-electron chi connectivity index (χ3n) is 3.95. The lowest BCUT2D eigenvalue weighted by atomic mass is 9.89. The molecule has 2 rings (SSSR count). The summed E-state index contributed by atoms with van der Waals surface area (Å²) in [4.78, 5) is 21.0. The molecular weight excluding hydrogens is 270 g/mol. The molecule has 1 fully saturated rings. The van der Waals surface area contributed by atoms with Crippen molar-refractivity contribution in [2.24, 2.45) is 5.92 Å². The van der Waals surface area contributed by atoms with Crippen LogP contribution in [-0.4, -0.2) is 35.0 Å². The van der Waals surface area contributed by atoms with Crippen LogP contribution >= 0.6 is 0 Å². The molecule has 1 saturated carbocycles. The van der Waals surface area contributed by atoms with Gasteiger partial charge in [0.1, 0.15) is 6.33 Å². The van der Waals surface area contributed by atoms with Crippen LogP contribution in [0.5, 0.6) is 0 Å². The summed E-state index contributed by atoms with van der Waals surface area (Å²) in [5.74, 6) is 1.29. The lowest BCUT2D eigenvalue weighted by molar-refractivity contribution is -0.383. The highest BCUT2D eigenvalue weighted by Crippen LogP contribution is 2.32. The van der Waals surface area contributed by atoms with E-state index < -0.39 is 4.92 Å². The number of nitrogens with zero attached hydrogens (tertiary/aromatic N) is 4. The van der Waals surface area contributed by atoms with Gasteiger partial charge in [-0.25, -0.2) is 9.97 Å². The molecule has 1 aliphatic carbocycles. The lowest BCUT2D eigenvalue weighted by Crippen LogP contribution is -2.28. The van der Waals surface area contributed by atoms with Crippen molar-refractivity contribution in [3.8, 4) is 0 Å². The SMILES string of the molecule is CCNc1ncnc(N(C)CC2CCCCC2)c1[N+](=O)[O-]. The van der Waals surface area contributed by atoms with E-state index >= 15 is 0 Å². The van der Waals surface area contributed by atoms with Gasteiger partial charge in [0.25, 0.3) is 0 Å². The Morgan fingerprint density at radius 1 is 1.38 bits per heavy atom. The van der Waals surface area contributed by atoms with Gasteiger partial charge in [0, 0.05) is 20.1 Å². The number of nitrogens with one attached hydrogen (secondary N) is 1. The van der Waals surface area contributed by atoms with Crippen molar-refractivity contribution >= 4 is 17.3 Å². The normalized spacial score (nSPS) is 15.7. The smallest absolute Gasteiger partial charge is 0.353 e. The van der Waals surface area contributed by atoms with Gasteiger partial charge < -0.3 is 10.2 Å². The molecule has 7 heteroatoms. The molecule has 1 aliphatic rings. The molecule has 0 bridgehead atoms. The Morgan fingerprint density at radius 2 is 2.10 bits per heavy atom. The second-order valence-electron chi connectivity index (χ2n) is 5.57. The zero-order valence-electron chi connectivity index (χ0n) is 12.7. The van der Waals surface area contributed by atoms with E-state index in [4.69, 9.17) is 0 Å². The molecule has 1 N–H and O–H groups in total. The van der Waals surface area contributed by atoms with Crippen LogP contribution in [-0.2, 0) is 0 Å². The van der Waals surface area contributed by atoms with Gasteiger partial charge in [0.05, 0.1) is 4.92 Å². The monoisotopic (exact) mass is 293 g/mol. The van der Waals surface area contributed by atoms with Crippen molar-refractivity contribution in [1.82, 2.24) is 9.97 Å². The summed E-state index contributed by atoms with van der Waals surface area (Å²) in [5.41, 5.74) is -0.0299. The lowest BCUT2D eigenvalue weighted by Gasteiger charge is -2.27. The van der Waals surface area contributed by atoms with Gasteiger partial charge in [-0.05, 0) is 25.7 Å². The van der Waals surface area contributed by atoms with Crippen LogP contribution < -0.4 is 10.2 Å². The van der Waals surface area contributed by atoms with Crippen LogP contribution in [0, 0.1) is 16.0 Å².